The van der Waals surface area contributed by atoms with Gasteiger partial charge in [-0.1, -0.05) is 36.4 Å². The number of rotatable bonds is 6. The smallest absolute Gasteiger partial charge is 0.267 e. The van der Waals surface area contributed by atoms with Gasteiger partial charge in [0.2, 0.25) is 5.91 Å². The SMILES string of the molecule is Cc1ccc(-n2c(SC(C)C(=O)NC(C)C3CC4CCC3C4)nc3ccccc3c2=O)nc1. The molecule has 6 nitrogen and oxygen atoms in total. The molecule has 5 unspecified atom stereocenters. The van der Waals surface area contributed by atoms with Crippen LogP contribution in [0.2, 0.25) is 0 Å². The molecule has 172 valence electrons. The van der Waals surface area contributed by atoms with E-state index < -0.39 is 5.25 Å². The molecule has 33 heavy (non-hydrogen) atoms. The molecular weight excluding hydrogens is 432 g/mol. The van der Waals surface area contributed by atoms with Gasteiger partial charge in [0.15, 0.2) is 5.16 Å². The molecule has 2 aliphatic rings. The van der Waals surface area contributed by atoms with E-state index in [2.05, 4.69) is 17.2 Å². The average molecular weight is 463 g/mol. The Morgan fingerprint density at radius 3 is 2.67 bits per heavy atom. The minimum atomic E-state index is -0.393. The highest BCUT2D eigenvalue weighted by Gasteiger charge is 2.42. The molecule has 0 saturated heterocycles. The summed E-state index contributed by atoms with van der Waals surface area (Å²) in [7, 11) is 0. The number of carbonyl (C=O) groups is 1. The first kappa shape index (κ1) is 22.1. The minimum absolute atomic E-state index is 0.0129. The number of hydrogen-bond donors (Lipinski definition) is 1. The highest BCUT2D eigenvalue weighted by atomic mass is 32.2. The Morgan fingerprint density at radius 1 is 1.15 bits per heavy atom. The zero-order chi connectivity index (χ0) is 23.1. The first-order valence-electron chi connectivity index (χ1n) is 11.8. The molecule has 1 amide bonds. The summed E-state index contributed by atoms with van der Waals surface area (Å²) >= 11 is 1.31. The molecule has 0 radical (unpaired) electrons. The van der Waals surface area contributed by atoms with Gasteiger partial charge in [-0.05, 0) is 81.5 Å². The van der Waals surface area contributed by atoms with Crippen molar-refractivity contribution in [3.05, 3.63) is 58.5 Å². The van der Waals surface area contributed by atoms with Gasteiger partial charge in [0.1, 0.15) is 5.82 Å². The van der Waals surface area contributed by atoms with Crippen LogP contribution in [0.5, 0.6) is 0 Å². The number of nitrogens with zero attached hydrogens (tertiary/aromatic N) is 3. The van der Waals surface area contributed by atoms with Gasteiger partial charge in [-0.3, -0.25) is 9.59 Å². The standard InChI is InChI=1S/C26H30N4O2S/c1-15-8-11-23(27-14-15)30-25(32)20-6-4-5-7-22(20)29-26(30)33-17(3)24(31)28-16(2)21-13-18-9-10-19(21)12-18/h4-8,11,14,16-19,21H,9-10,12-13H2,1-3H3,(H,28,31). The summed E-state index contributed by atoms with van der Waals surface area (Å²) in [6, 6.07) is 11.2. The molecule has 7 heteroatoms. The Kier molecular flexibility index (Phi) is 5.99. The first-order valence-corrected chi connectivity index (χ1v) is 12.7. The summed E-state index contributed by atoms with van der Waals surface area (Å²) < 4.78 is 1.52. The molecule has 2 bridgehead atoms. The number of amides is 1. The van der Waals surface area contributed by atoms with Crippen molar-refractivity contribution in [2.45, 2.75) is 62.9 Å². The Morgan fingerprint density at radius 2 is 1.97 bits per heavy atom. The van der Waals surface area contributed by atoms with Crippen LogP contribution in [-0.4, -0.2) is 31.7 Å². The summed E-state index contributed by atoms with van der Waals surface area (Å²) in [6.07, 6.45) is 6.95. The molecule has 5 rings (SSSR count). The molecule has 1 aromatic carbocycles. The molecular formula is C26H30N4O2S. The van der Waals surface area contributed by atoms with Crippen molar-refractivity contribution in [1.82, 2.24) is 19.9 Å². The lowest BCUT2D eigenvalue weighted by Gasteiger charge is -2.29. The maximum Gasteiger partial charge on any atom is 0.267 e. The number of aromatic nitrogens is 3. The van der Waals surface area contributed by atoms with Crippen molar-refractivity contribution in [2.75, 3.05) is 0 Å². The number of hydrogen-bond acceptors (Lipinski definition) is 5. The van der Waals surface area contributed by atoms with E-state index in [1.165, 1.54) is 42.0 Å². The topological polar surface area (TPSA) is 76.9 Å². The minimum Gasteiger partial charge on any atom is -0.352 e. The molecule has 0 spiro atoms. The van der Waals surface area contributed by atoms with Crippen LogP contribution < -0.4 is 10.9 Å². The average Bonchev–Trinajstić information content (AvgIpc) is 3.44. The van der Waals surface area contributed by atoms with E-state index in [0.29, 0.717) is 27.8 Å². The highest BCUT2D eigenvalue weighted by Crippen LogP contribution is 2.49. The van der Waals surface area contributed by atoms with Crippen LogP contribution in [0.3, 0.4) is 0 Å². The van der Waals surface area contributed by atoms with Crippen LogP contribution in [0.4, 0.5) is 0 Å². The fraction of sp³-hybridized carbons (Fsp3) is 0.462. The monoisotopic (exact) mass is 462 g/mol. The molecule has 2 fully saturated rings. The fourth-order valence-electron chi connectivity index (χ4n) is 5.55. The second-order valence-electron chi connectivity index (χ2n) is 9.64. The van der Waals surface area contributed by atoms with Gasteiger partial charge >= 0.3 is 0 Å². The summed E-state index contributed by atoms with van der Waals surface area (Å²) in [6.45, 7) is 5.97. The number of fused-ring (bicyclic) bond motifs is 3. The van der Waals surface area contributed by atoms with Gasteiger partial charge < -0.3 is 5.32 Å². The zero-order valence-electron chi connectivity index (χ0n) is 19.3. The third-order valence-electron chi connectivity index (χ3n) is 7.33. The van der Waals surface area contributed by atoms with E-state index in [9.17, 15) is 9.59 Å². The number of nitrogens with one attached hydrogen (secondary N) is 1. The number of carbonyl (C=O) groups excluding carboxylic acids is 1. The predicted octanol–water partition coefficient (Wildman–Crippen LogP) is 4.51. The van der Waals surface area contributed by atoms with E-state index in [1.54, 1.807) is 12.3 Å². The Hall–Kier alpha value is -2.67. The summed E-state index contributed by atoms with van der Waals surface area (Å²) in [5, 5.41) is 3.87. The first-order chi connectivity index (χ1) is 15.9. The van der Waals surface area contributed by atoms with E-state index in [4.69, 9.17) is 4.98 Å². The lowest BCUT2D eigenvalue weighted by Crippen LogP contribution is -2.43. The summed E-state index contributed by atoms with van der Waals surface area (Å²) in [4.78, 5) is 35.7. The Bertz CT molecular complexity index is 1240. The quantitative estimate of drug-likeness (QED) is 0.431. The maximum absolute atomic E-state index is 13.4. The lowest BCUT2D eigenvalue weighted by atomic mass is 9.84. The van der Waals surface area contributed by atoms with Crippen molar-refractivity contribution in [3.8, 4) is 5.82 Å². The number of thioether (sulfide) groups is 1. The number of pyridine rings is 1. The fourth-order valence-corrected chi connectivity index (χ4v) is 6.48. The van der Waals surface area contributed by atoms with Crippen molar-refractivity contribution >= 4 is 28.6 Å². The zero-order valence-corrected chi connectivity index (χ0v) is 20.1. The van der Waals surface area contributed by atoms with E-state index in [1.807, 2.05) is 44.2 Å². The van der Waals surface area contributed by atoms with Gasteiger partial charge in [0.25, 0.3) is 5.56 Å². The van der Waals surface area contributed by atoms with Crippen LogP contribution in [0.15, 0.2) is 52.5 Å². The number of para-hydroxylation sites is 1. The van der Waals surface area contributed by atoms with Gasteiger partial charge in [0, 0.05) is 12.2 Å². The van der Waals surface area contributed by atoms with Crippen LogP contribution in [0, 0.1) is 24.7 Å². The molecule has 3 aromatic rings. The third kappa shape index (κ3) is 4.31. The molecule has 0 aliphatic heterocycles. The molecule has 2 aliphatic carbocycles. The largest absolute Gasteiger partial charge is 0.352 e. The van der Waals surface area contributed by atoms with Crippen molar-refractivity contribution in [2.24, 2.45) is 17.8 Å². The second kappa shape index (κ2) is 8.93. The normalized spacial score (nSPS) is 23.5. The molecule has 2 heterocycles. The number of benzene rings is 1. The Balaban J connectivity index is 1.41. The van der Waals surface area contributed by atoms with E-state index in [-0.39, 0.29) is 17.5 Å². The van der Waals surface area contributed by atoms with E-state index >= 15 is 0 Å². The second-order valence-corrected chi connectivity index (χ2v) is 10.9. The molecule has 1 N–H and O–H groups in total. The van der Waals surface area contributed by atoms with Gasteiger partial charge in [-0.2, -0.15) is 0 Å². The number of aryl methyl sites for hydroxylation is 1. The van der Waals surface area contributed by atoms with Gasteiger partial charge in [0.05, 0.1) is 16.2 Å². The van der Waals surface area contributed by atoms with Gasteiger partial charge in [-0.15, -0.1) is 0 Å². The third-order valence-corrected chi connectivity index (χ3v) is 8.38. The van der Waals surface area contributed by atoms with Crippen molar-refractivity contribution in [3.63, 3.8) is 0 Å². The highest BCUT2D eigenvalue weighted by molar-refractivity contribution is 8.00. The molecule has 5 atom stereocenters. The van der Waals surface area contributed by atoms with Crippen LogP contribution >= 0.6 is 11.8 Å². The van der Waals surface area contributed by atoms with E-state index in [0.717, 1.165) is 17.4 Å². The predicted molar refractivity (Wildman–Crippen MR) is 132 cm³/mol. The van der Waals surface area contributed by atoms with Crippen molar-refractivity contribution in [1.29, 1.82) is 0 Å². The van der Waals surface area contributed by atoms with Crippen LogP contribution in [-0.2, 0) is 4.79 Å². The molecule has 2 saturated carbocycles. The maximum atomic E-state index is 13.4. The van der Waals surface area contributed by atoms with Crippen molar-refractivity contribution < 1.29 is 4.79 Å². The van der Waals surface area contributed by atoms with Crippen LogP contribution in [0.25, 0.3) is 16.7 Å². The lowest BCUT2D eigenvalue weighted by molar-refractivity contribution is -0.121. The Labute approximate surface area is 198 Å². The van der Waals surface area contributed by atoms with Gasteiger partial charge in [-0.25, -0.2) is 14.5 Å². The molecule has 2 aromatic heterocycles. The summed E-state index contributed by atoms with van der Waals surface area (Å²) in [5.41, 5.74) is 1.45. The van der Waals surface area contributed by atoms with Crippen LogP contribution in [0.1, 0.15) is 45.1 Å². The summed E-state index contributed by atoms with van der Waals surface area (Å²) in [5.74, 6) is 2.69.